The Labute approximate surface area is 265 Å². The Morgan fingerprint density at radius 2 is 0.489 bits per heavy atom. The average molecular weight is 694 g/mol. The average Bonchev–Trinajstić information content (AvgIpc) is 3.03. The summed E-state index contributed by atoms with van der Waals surface area (Å²) >= 11 is 0. The predicted octanol–water partition coefficient (Wildman–Crippen LogP) is -9.07. The maximum absolute atomic E-state index is 12.4. The maximum Gasteiger partial charge on any atom is 0.328 e. The molecule has 0 radical (unpaired) electrons. The largest absolute Gasteiger partial charge is 0.480 e. The monoisotopic (exact) mass is 693 g/mol. The van der Waals surface area contributed by atoms with Crippen LogP contribution in [0.1, 0.15) is 0 Å². The number of rotatable bonds is 26. The molecule has 23 nitrogen and oxygen atoms in total. The third-order valence-corrected chi connectivity index (χ3v) is 8.47. The summed E-state index contributed by atoms with van der Waals surface area (Å²) in [5.74, 6) is -10.4. The topological polar surface area (TPSA) is 399 Å². The van der Waals surface area contributed by atoms with Crippen molar-refractivity contribution in [1.82, 2.24) is 14.7 Å². The number of aliphatic hydroxyl groups is 10. The molecule has 47 heavy (non-hydrogen) atoms. The third-order valence-electron chi connectivity index (χ3n) is 8.47. The molecule has 0 aliphatic carbocycles. The summed E-state index contributed by atoms with van der Waals surface area (Å²) in [6.45, 7) is -20.1. The molecule has 0 bridgehead atoms. The lowest BCUT2D eigenvalue weighted by atomic mass is 9.88. The SMILES string of the molecule is O=C(O)C(CO)(CO)N(CCN(C(CO)(CO)C(=O)O)C(CO)(CO)C(=O)O)CCN(C(CO)(CO)C(=O)O)C(CO)(CO)C(=O)O. The molecule has 0 fully saturated rings. The molecule has 0 aromatic carbocycles. The van der Waals surface area contributed by atoms with Gasteiger partial charge in [0.1, 0.15) is 0 Å². The molecule has 0 heterocycles. The molecule has 0 aliphatic rings. The van der Waals surface area contributed by atoms with Gasteiger partial charge in [-0.2, -0.15) is 0 Å². The van der Waals surface area contributed by atoms with E-state index in [0.29, 0.717) is 4.90 Å². The summed E-state index contributed by atoms with van der Waals surface area (Å²) in [6.07, 6.45) is 0. The lowest BCUT2D eigenvalue weighted by molar-refractivity contribution is -0.188. The number of carbonyl (C=O) groups is 5. The van der Waals surface area contributed by atoms with Gasteiger partial charge in [-0.25, -0.2) is 0 Å². The molecule has 0 atom stereocenters. The fraction of sp³-hybridized carbons (Fsp3) is 0.792. The van der Waals surface area contributed by atoms with Crippen molar-refractivity contribution in [2.24, 2.45) is 0 Å². The van der Waals surface area contributed by atoms with E-state index in [1.54, 1.807) is 0 Å². The first kappa shape index (κ1) is 43.8. The van der Waals surface area contributed by atoms with Crippen LogP contribution in [0, 0.1) is 0 Å². The number of carboxylic acid groups (broad SMARTS) is 5. The van der Waals surface area contributed by atoms with Gasteiger partial charge in [0.15, 0.2) is 27.7 Å². The van der Waals surface area contributed by atoms with Gasteiger partial charge in [-0.3, -0.25) is 38.7 Å². The van der Waals surface area contributed by atoms with Crippen molar-refractivity contribution >= 4 is 29.8 Å². The molecule has 0 saturated carbocycles. The summed E-state index contributed by atoms with van der Waals surface area (Å²) in [7, 11) is 0. The van der Waals surface area contributed by atoms with Crippen molar-refractivity contribution in [3.63, 3.8) is 0 Å². The molecule has 0 aliphatic heterocycles. The van der Waals surface area contributed by atoms with Gasteiger partial charge in [0.2, 0.25) is 0 Å². The highest BCUT2D eigenvalue weighted by Crippen LogP contribution is 2.30. The van der Waals surface area contributed by atoms with Crippen LogP contribution in [-0.2, 0) is 24.0 Å². The van der Waals surface area contributed by atoms with Gasteiger partial charge in [-0.1, -0.05) is 0 Å². The second-order valence-electron chi connectivity index (χ2n) is 10.6. The van der Waals surface area contributed by atoms with Crippen LogP contribution in [0.15, 0.2) is 0 Å². The predicted molar refractivity (Wildman–Crippen MR) is 148 cm³/mol. The van der Waals surface area contributed by atoms with Gasteiger partial charge in [0.25, 0.3) is 0 Å². The summed E-state index contributed by atoms with van der Waals surface area (Å²) in [6, 6.07) is 0. The zero-order valence-corrected chi connectivity index (χ0v) is 25.0. The highest BCUT2D eigenvalue weighted by molar-refractivity contribution is 5.85. The van der Waals surface area contributed by atoms with E-state index in [4.69, 9.17) is 0 Å². The second-order valence-corrected chi connectivity index (χ2v) is 10.6. The Kier molecular flexibility index (Phi) is 16.6. The van der Waals surface area contributed by atoms with E-state index in [-0.39, 0.29) is 9.80 Å². The van der Waals surface area contributed by atoms with Gasteiger partial charge < -0.3 is 76.6 Å². The molecule has 274 valence electrons. The van der Waals surface area contributed by atoms with Crippen LogP contribution in [0.2, 0.25) is 0 Å². The standard InChI is InChI=1S/C24H43N3O20/c28-5-20(6-29,15(38)39)25(1-3-26(21(7-30,8-31)16(40)41)22(9-32,10-33)17(42)43)2-4-27(23(11-34,12-35)18(44)45)24(13-36,14-37)19(46)47/h28-37H,1-14H2,(H,38,39)(H,40,41)(H,42,43)(H,44,45)(H,46,47). The summed E-state index contributed by atoms with van der Waals surface area (Å²) in [5.41, 5.74) is -15.0. The zero-order valence-electron chi connectivity index (χ0n) is 25.0. The minimum absolute atomic E-state index is 0.197. The Morgan fingerprint density at radius 1 is 0.319 bits per heavy atom. The van der Waals surface area contributed by atoms with E-state index >= 15 is 0 Å². The smallest absolute Gasteiger partial charge is 0.328 e. The van der Waals surface area contributed by atoms with Crippen LogP contribution in [-0.4, -0.2) is 241 Å². The van der Waals surface area contributed by atoms with Crippen molar-refractivity contribution in [1.29, 1.82) is 0 Å². The molecule has 0 saturated heterocycles. The number of nitrogens with zero attached hydrogens (tertiary/aromatic N) is 3. The number of aliphatic carboxylic acids is 5. The highest BCUT2D eigenvalue weighted by atomic mass is 16.4. The van der Waals surface area contributed by atoms with Crippen molar-refractivity contribution in [2.75, 3.05) is 92.2 Å². The van der Waals surface area contributed by atoms with Crippen molar-refractivity contribution in [3.8, 4) is 0 Å². The Balaban J connectivity index is 7.61. The van der Waals surface area contributed by atoms with E-state index in [2.05, 4.69) is 0 Å². The molecular formula is C24H43N3O20. The quantitative estimate of drug-likeness (QED) is 0.0400. The van der Waals surface area contributed by atoms with Crippen molar-refractivity contribution in [3.05, 3.63) is 0 Å². The lowest BCUT2D eigenvalue weighted by Crippen LogP contribution is -2.75. The van der Waals surface area contributed by atoms with Crippen LogP contribution >= 0.6 is 0 Å². The Bertz CT molecular complexity index is 940. The fourth-order valence-electron chi connectivity index (χ4n) is 5.06. The first-order chi connectivity index (χ1) is 21.9. The maximum atomic E-state index is 12.4. The molecule has 0 unspecified atom stereocenters. The van der Waals surface area contributed by atoms with Crippen molar-refractivity contribution in [2.45, 2.75) is 27.7 Å². The minimum Gasteiger partial charge on any atom is -0.480 e. The zero-order chi connectivity index (χ0) is 37.0. The van der Waals surface area contributed by atoms with Crippen LogP contribution in [0.5, 0.6) is 0 Å². The first-order valence-electron chi connectivity index (χ1n) is 13.5. The molecule has 0 amide bonds. The van der Waals surface area contributed by atoms with E-state index in [9.17, 15) is 101 Å². The summed E-state index contributed by atoms with van der Waals surface area (Å²) in [5, 5.41) is 150. The third kappa shape index (κ3) is 7.62. The summed E-state index contributed by atoms with van der Waals surface area (Å²) < 4.78 is 0. The van der Waals surface area contributed by atoms with Crippen LogP contribution in [0.4, 0.5) is 0 Å². The van der Waals surface area contributed by atoms with Gasteiger partial charge >= 0.3 is 29.8 Å². The number of aliphatic hydroxyl groups excluding tert-OH is 10. The van der Waals surface area contributed by atoms with Gasteiger partial charge in [0.05, 0.1) is 66.1 Å². The molecule has 15 N–H and O–H groups in total. The Morgan fingerprint density at radius 3 is 0.617 bits per heavy atom. The van der Waals surface area contributed by atoms with Crippen LogP contribution < -0.4 is 0 Å². The van der Waals surface area contributed by atoms with Gasteiger partial charge in [-0.15, -0.1) is 0 Å². The summed E-state index contributed by atoms with van der Waals surface area (Å²) in [4.78, 5) is 62.4. The second kappa shape index (κ2) is 17.8. The first-order valence-corrected chi connectivity index (χ1v) is 13.5. The molecular weight excluding hydrogens is 650 g/mol. The number of hydrogen-bond donors (Lipinski definition) is 15. The van der Waals surface area contributed by atoms with Crippen molar-refractivity contribution < 1.29 is 101 Å². The van der Waals surface area contributed by atoms with Crippen LogP contribution in [0.3, 0.4) is 0 Å². The molecule has 0 aromatic rings. The minimum atomic E-state index is -3.02. The van der Waals surface area contributed by atoms with E-state index < -0.39 is 150 Å². The van der Waals surface area contributed by atoms with Crippen LogP contribution in [0.25, 0.3) is 0 Å². The highest BCUT2D eigenvalue weighted by Gasteiger charge is 2.59. The van der Waals surface area contributed by atoms with Gasteiger partial charge in [-0.05, 0) is 0 Å². The Hall–Kier alpha value is -3.17. The van der Waals surface area contributed by atoms with Gasteiger partial charge in [0, 0.05) is 26.2 Å². The molecule has 23 heteroatoms. The van der Waals surface area contributed by atoms with E-state index in [1.807, 2.05) is 0 Å². The number of hydrogen-bond acceptors (Lipinski definition) is 18. The van der Waals surface area contributed by atoms with E-state index in [1.165, 1.54) is 0 Å². The lowest BCUT2D eigenvalue weighted by Gasteiger charge is -2.50. The van der Waals surface area contributed by atoms with E-state index in [0.717, 1.165) is 0 Å². The number of carboxylic acids is 5. The normalized spacial score (nSPS) is 13.4. The molecule has 0 aromatic heterocycles. The molecule has 0 rings (SSSR count). The fourth-order valence-corrected chi connectivity index (χ4v) is 5.06. The molecule has 0 spiro atoms.